The Kier molecular flexibility index (Phi) is 6.24. The van der Waals surface area contributed by atoms with Gasteiger partial charge in [-0.3, -0.25) is 9.97 Å². The number of aromatic nitrogens is 4. The highest BCUT2D eigenvalue weighted by Crippen LogP contribution is 2.62. The van der Waals surface area contributed by atoms with Crippen LogP contribution in [-0.2, 0) is 5.41 Å². The highest BCUT2D eigenvalue weighted by molar-refractivity contribution is 7.99. The lowest BCUT2D eigenvalue weighted by molar-refractivity contribution is 0.716. The fourth-order valence-electron chi connectivity index (χ4n) is 9.52. The number of nitrogens with zero attached hydrogens (tertiary/aromatic N) is 6. The molecule has 1 aliphatic heterocycles. The third-order valence-electron chi connectivity index (χ3n) is 11.7. The number of benzene rings is 6. The summed E-state index contributed by atoms with van der Waals surface area (Å²) in [4.78, 5) is 12.7. The average Bonchev–Trinajstić information content (AvgIpc) is 3.87. The first-order chi connectivity index (χ1) is 27.7. The van der Waals surface area contributed by atoms with E-state index in [0.717, 1.165) is 82.4 Å². The van der Waals surface area contributed by atoms with Crippen LogP contribution in [0.4, 0.5) is 0 Å². The van der Waals surface area contributed by atoms with Crippen LogP contribution in [0, 0.1) is 22.7 Å². The second kappa shape index (κ2) is 11.3. The lowest BCUT2D eigenvalue weighted by atomic mass is 9.67. The van der Waals surface area contributed by atoms with E-state index in [9.17, 15) is 10.5 Å². The topological polar surface area (TPSA) is 83.2 Å². The second-order valence-electron chi connectivity index (χ2n) is 14.4. The number of hydrogen-bond donors (Lipinski definition) is 0. The lowest BCUT2D eigenvalue weighted by Gasteiger charge is -2.40. The molecule has 0 N–H and O–H groups in total. The highest BCUT2D eigenvalue weighted by Gasteiger charge is 2.52. The van der Waals surface area contributed by atoms with Crippen molar-refractivity contribution in [1.29, 1.82) is 10.5 Å². The third-order valence-corrected chi connectivity index (χ3v) is 12.9. The van der Waals surface area contributed by atoms with Crippen molar-refractivity contribution in [3.05, 3.63) is 191 Å². The molecule has 12 rings (SSSR count). The van der Waals surface area contributed by atoms with Gasteiger partial charge in [0.25, 0.3) is 0 Å². The maximum absolute atomic E-state index is 9.84. The van der Waals surface area contributed by atoms with Crippen LogP contribution in [0.3, 0.4) is 0 Å². The van der Waals surface area contributed by atoms with Crippen LogP contribution in [0.15, 0.2) is 168 Å². The fraction of sp³-hybridized carbons (Fsp3) is 0.0204. The van der Waals surface area contributed by atoms with Gasteiger partial charge in [0.05, 0.1) is 79.7 Å². The lowest BCUT2D eigenvalue weighted by Crippen LogP contribution is -2.32. The van der Waals surface area contributed by atoms with E-state index >= 15 is 0 Å². The molecule has 0 bridgehead atoms. The summed E-state index contributed by atoms with van der Waals surface area (Å²) >= 11 is 1.81. The van der Waals surface area contributed by atoms with E-state index in [-0.39, 0.29) is 0 Å². The molecular formula is C49H26N6S. The van der Waals surface area contributed by atoms with Crippen molar-refractivity contribution in [1.82, 2.24) is 19.1 Å². The Morgan fingerprint density at radius 2 is 1.11 bits per heavy atom. The zero-order valence-electron chi connectivity index (χ0n) is 29.6. The summed E-state index contributed by atoms with van der Waals surface area (Å²) in [6.07, 6.45) is 3.83. The van der Waals surface area contributed by atoms with Crippen LogP contribution in [0.1, 0.15) is 33.4 Å². The molecule has 1 atom stereocenters. The van der Waals surface area contributed by atoms with E-state index in [1.807, 2.05) is 54.9 Å². The molecule has 1 unspecified atom stereocenters. The Hall–Kier alpha value is -7.45. The Bertz CT molecular complexity index is 3450. The predicted octanol–water partition coefficient (Wildman–Crippen LogP) is 11.2. The van der Waals surface area contributed by atoms with Crippen LogP contribution in [0.5, 0.6) is 0 Å². The largest absolute Gasteiger partial charge is 0.308 e. The van der Waals surface area contributed by atoms with Crippen molar-refractivity contribution in [3.63, 3.8) is 0 Å². The van der Waals surface area contributed by atoms with E-state index in [1.54, 1.807) is 11.8 Å². The zero-order valence-corrected chi connectivity index (χ0v) is 30.4. The molecular weight excluding hydrogens is 705 g/mol. The highest BCUT2D eigenvalue weighted by atomic mass is 32.2. The summed E-state index contributed by atoms with van der Waals surface area (Å²) in [5.41, 5.74) is 13.1. The minimum Gasteiger partial charge on any atom is -0.308 e. The Morgan fingerprint density at radius 3 is 1.86 bits per heavy atom. The quantitative estimate of drug-likeness (QED) is 0.177. The second-order valence-corrected chi connectivity index (χ2v) is 15.4. The number of fused-ring (bicyclic) bond motifs is 15. The molecule has 56 heavy (non-hydrogen) atoms. The van der Waals surface area contributed by atoms with Crippen LogP contribution in [0.25, 0.3) is 66.4 Å². The Balaban J connectivity index is 1.19. The molecule has 0 saturated carbocycles. The summed E-state index contributed by atoms with van der Waals surface area (Å²) in [6.45, 7) is 0. The van der Waals surface area contributed by atoms with Gasteiger partial charge < -0.3 is 9.13 Å². The molecule has 1 aliphatic carbocycles. The van der Waals surface area contributed by atoms with Crippen molar-refractivity contribution in [2.45, 2.75) is 15.2 Å². The summed E-state index contributed by atoms with van der Waals surface area (Å²) in [7, 11) is 0. The van der Waals surface area contributed by atoms with E-state index in [2.05, 4.69) is 124 Å². The van der Waals surface area contributed by atoms with Gasteiger partial charge in [0.15, 0.2) is 0 Å². The molecule has 258 valence electrons. The van der Waals surface area contributed by atoms with Crippen molar-refractivity contribution in [3.8, 4) is 34.9 Å². The first-order valence-corrected chi connectivity index (χ1v) is 19.3. The third kappa shape index (κ3) is 3.89. The van der Waals surface area contributed by atoms with Crippen LogP contribution >= 0.6 is 11.8 Å². The van der Waals surface area contributed by atoms with Gasteiger partial charge in [-0.05, 0) is 89.5 Å². The summed E-state index contributed by atoms with van der Waals surface area (Å²) in [6, 6.07) is 55.5. The van der Waals surface area contributed by atoms with E-state index in [1.165, 1.54) is 16.0 Å². The number of pyridine rings is 2. The SMILES string of the molecule is N#Cc1ccc2c(c1)c1ccccc1n2-c1cnc2c(c1)C1(c3ccccc3Sc3c(-n4c5ccccc5c5cc(C#N)ccc54)cccc31)c1cccnc1-2. The minimum absolute atomic E-state index is 0.630. The molecule has 4 aromatic heterocycles. The van der Waals surface area contributed by atoms with Gasteiger partial charge in [-0.15, -0.1) is 0 Å². The Morgan fingerprint density at radius 1 is 0.500 bits per heavy atom. The fourth-order valence-corrected chi connectivity index (χ4v) is 10.8. The maximum atomic E-state index is 9.84. The predicted molar refractivity (Wildman–Crippen MR) is 222 cm³/mol. The maximum Gasteiger partial charge on any atom is 0.0991 e. The van der Waals surface area contributed by atoms with Crippen LogP contribution < -0.4 is 0 Å². The number of hydrogen-bond acceptors (Lipinski definition) is 5. The van der Waals surface area contributed by atoms with Crippen molar-refractivity contribution in [2.75, 3.05) is 0 Å². The first kappa shape index (κ1) is 31.0. The van der Waals surface area contributed by atoms with Gasteiger partial charge in [-0.2, -0.15) is 10.5 Å². The molecule has 7 heteroatoms. The normalized spacial score (nSPS) is 15.1. The molecule has 0 amide bonds. The minimum atomic E-state index is -0.728. The van der Waals surface area contributed by atoms with Gasteiger partial charge in [-0.1, -0.05) is 84.6 Å². The molecule has 0 radical (unpaired) electrons. The smallest absolute Gasteiger partial charge is 0.0991 e. The van der Waals surface area contributed by atoms with Gasteiger partial charge in [0.2, 0.25) is 0 Å². The molecule has 1 spiro atoms. The van der Waals surface area contributed by atoms with Crippen molar-refractivity contribution < 1.29 is 0 Å². The van der Waals surface area contributed by atoms with Crippen molar-refractivity contribution >= 4 is 55.4 Å². The van der Waals surface area contributed by atoms with Crippen LogP contribution in [-0.4, -0.2) is 19.1 Å². The summed E-state index contributed by atoms with van der Waals surface area (Å²) in [5.74, 6) is 0. The standard InChI is InChI=1S/C49H26N6S/c50-26-29-18-20-42-34(23-29)32-9-1-4-14-40(32)54(42)31-25-39-47(53-28-31)46-37(13-8-22-52-46)49(39)36-11-3-6-17-45(36)56-48-38(49)12-7-16-44(48)55-41-15-5-2-10-33(41)35-24-30(27-51)19-21-43(35)55/h1-25,28H. The molecule has 10 aromatic rings. The molecule has 6 nitrogen and oxygen atoms in total. The molecule has 0 fully saturated rings. The summed E-state index contributed by atoms with van der Waals surface area (Å²) < 4.78 is 4.64. The summed E-state index contributed by atoms with van der Waals surface area (Å²) in [5, 5.41) is 23.9. The number of para-hydroxylation sites is 2. The first-order valence-electron chi connectivity index (χ1n) is 18.4. The average molecular weight is 731 g/mol. The van der Waals surface area contributed by atoms with E-state index in [4.69, 9.17) is 9.97 Å². The number of nitriles is 2. The monoisotopic (exact) mass is 730 g/mol. The van der Waals surface area contributed by atoms with E-state index in [0.29, 0.717) is 11.1 Å². The van der Waals surface area contributed by atoms with Gasteiger partial charge in [-0.25, -0.2) is 0 Å². The zero-order chi connectivity index (χ0) is 37.1. The Labute approximate surface area is 325 Å². The number of rotatable bonds is 2. The van der Waals surface area contributed by atoms with Crippen molar-refractivity contribution in [2.24, 2.45) is 0 Å². The van der Waals surface area contributed by atoms with Gasteiger partial charge in [0, 0.05) is 43.1 Å². The van der Waals surface area contributed by atoms with Gasteiger partial charge in [0.1, 0.15) is 0 Å². The van der Waals surface area contributed by atoms with Crippen LogP contribution in [0.2, 0.25) is 0 Å². The molecule has 6 aromatic carbocycles. The molecule has 5 heterocycles. The van der Waals surface area contributed by atoms with Gasteiger partial charge >= 0.3 is 0 Å². The van der Waals surface area contributed by atoms with E-state index < -0.39 is 5.41 Å². The molecule has 0 saturated heterocycles. The molecule has 2 aliphatic rings.